The summed E-state index contributed by atoms with van der Waals surface area (Å²) in [6.45, 7) is 2.38. The number of benzene rings is 2. The zero-order valence-corrected chi connectivity index (χ0v) is 16.1. The zero-order chi connectivity index (χ0) is 21.1. The molecule has 0 aliphatic heterocycles. The van der Waals surface area contributed by atoms with Crippen LogP contribution >= 0.6 is 0 Å². The Morgan fingerprint density at radius 3 is 2.73 bits per heavy atom. The Bertz CT molecular complexity index is 1250. The molecule has 7 nitrogen and oxygen atoms in total. The summed E-state index contributed by atoms with van der Waals surface area (Å²) < 4.78 is 19.9. The topological polar surface area (TPSA) is 103 Å². The number of para-hydroxylation sites is 1. The Kier molecular flexibility index (Phi) is 5.21. The molecule has 0 bridgehead atoms. The summed E-state index contributed by atoms with van der Waals surface area (Å²) >= 11 is 0. The summed E-state index contributed by atoms with van der Waals surface area (Å²) in [6.07, 6.45) is 1.36. The Labute approximate surface area is 171 Å². The van der Waals surface area contributed by atoms with E-state index in [1.54, 1.807) is 54.6 Å². The van der Waals surface area contributed by atoms with Gasteiger partial charge in [-0.3, -0.25) is 4.79 Å². The second-order valence-corrected chi connectivity index (χ2v) is 6.38. The fraction of sp³-hybridized carbons (Fsp3) is 0.0909. The van der Waals surface area contributed by atoms with Gasteiger partial charge in [0.1, 0.15) is 11.6 Å². The molecule has 0 saturated carbocycles. The van der Waals surface area contributed by atoms with Crippen LogP contribution in [0.2, 0.25) is 0 Å². The Morgan fingerprint density at radius 2 is 1.97 bits per heavy atom. The van der Waals surface area contributed by atoms with Crippen molar-refractivity contribution in [1.82, 2.24) is 15.0 Å². The number of carbonyl (C=O) groups is 1. The van der Waals surface area contributed by atoms with Crippen LogP contribution in [0.25, 0.3) is 22.3 Å². The van der Waals surface area contributed by atoms with Gasteiger partial charge in [0.15, 0.2) is 5.82 Å². The number of fused-ring (bicyclic) bond motifs is 1. The minimum Gasteiger partial charge on any atom is -0.494 e. The van der Waals surface area contributed by atoms with E-state index >= 15 is 0 Å². The van der Waals surface area contributed by atoms with Crippen LogP contribution in [0.1, 0.15) is 17.3 Å². The van der Waals surface area contributed by atoms with Crippen LogP contribution < -0.4 is 15.8 Å². The van der Waals surface area contributed by atoms with Crippen molar-refractivity contribution in [3.63, 3.8) is 0 Å². The van der Waals surface area contributed by atoms with E-state index in [-0.39, 0.29) is 11.4 Å². The molecular formula is C22H18FN5O2. The lowest BCUT2D eigenvalue weighted by Crippen LogP contribution is -2.13. The Balaban J connectivity index is 1.92. The number of amides is 1. The number of carbonyl (C=O) groups excluding carboxylic acids is 1. The SMILES string of the molecule is CCOc1ccc2nc(-c3cccnc3F)nc(Nc3ccccc3C(N)=O)c2c1. The summed E-state index contributed by atoms with van der Waals surface area (Å²) in [6, 6.07) is 15.3. The summed E-state index contributed by atoms with van der Waals surface area (Å²) in [4.78, 5) is 24.5. The molecule has 0 saturated heterocycles. The number of anilines is 2. The molecular weight excluding hydrogens is 385 g/mol. The summed E-state index contributed by atoms with van der Waals surface area (Å²) in [5.41, 5.74) is 7.02. The van der Waals surface area contributed by atoms with Gasteiger partial charge in [-0.1, -0.05) is 12.1 Å². The van der Waals surface area contributed by atoms with Crippen LogP contribution in [0.5, 0.6) is 5.75 Å². The standard InChI is InChI=1S/C22H18FN5O2/c1-2-30-13-9-10-18-16(12-13)22(26-17-8-4-3-6-14(17)20(24)29)28-21(27-18)15-7-5-11-25-19(15)23/h3-12H,2H2,1H3,(H2,24,29)(H,26,27,28). The van der Waals surface area contributed by atoms with Crippen molar-refractivity contribution < 1.29 is 13.9 Å². The van der Waals surface area contributed by atoms with Gasteiger partial charge in [-0.15, -0.1) is 0 Å². The van der Waals surface area contributed by atoms with Gasteiger partial charge in [0.25, 0.3) is 5.91 Å². The molecule has 2 heterocycles. The lowest BCUT2D eigenvalue weighted by Gasteiger charge is -2.14. The smallest absolute Gasteiger partial charge is 0.250 e. The van der Waals surface area contributed by atoms with Crippen LogP contribution in [-0.2, 0) is 0 Å². The first-order chi connectivity index (χ1) is 14.6. The molecule has 0 fully saturated rings. The van der Waals surface area contributed by atoms with E-state index in [2.05, 4.69) is 20.3 Å². The number of rotatable bonds is 6. The summed E-state index contributed by atoms with van der Waals surface area (Å²) in [5.74, 6) is -0.0683. The van der Waals surface area contributed by atoms with E-state index in [1.807, 2.05) is 6.92 Å². The first-order valence-electron chi connectivity index (χ1n) is 9.28. The monoisotopic (exact) mass is 403 g/mol. The van der Waals surface area contributed by atoms with Crippen molar-refractivity contribution in [3.8, 4) is 17.1 Å². The van der Waals surface area contributed by atoms with Gasteiger partial charge in [0.05, 0.1) is 28.9 Å². The molecule has 0 aliphatic rings. The predicted octanol–water partition coefficient (Wildman–Crippen LogP) is 4.07. The average molecular weight is 403 g/mol. The van der Waals surface area contributed by atoms with E-state index in [4.69, 9.17) is 10.5 Å². The molecule has 0 aliphatic carbocycles. The lowest BCUT2D eigenvalue weighted by atomic mass is 10.1. The average Bonchev–Trinajstić information content (AvgIpc) is 2.74. The van der Waals surface area contributed by atoms with Gasteiger partial charge in [-0.2, -0.15) is 4.39 Å². The van der Waals surface area contributed by atoms with E-state index in [1.165, 1.54) is 6.20 Å². The maximum absolute atomic E-state index is 14.3. The minimum atomic E-state index is -0.675. The van der Waals surface area contributed by atoms with Crippen molar-refractivity contribution in [1.29, 1.82) is 0 Å². The van der Waals surface area contributed by atoms with Crippen LogP contribution in [0, 0.1) is 5.95 Å². The van der Waals surface area contributed by atoms with Crippen molar-refractivity contribution in [2.24, 2.45) is 5.73 Å². The van der Waals surface area contributed by atoms with Gasteiger partial charge < -0.3 is 15.8 Å². The molecule has 0 unspecified atom stereocenters. The van der Waals surface area contributed by atoms with Crippen LogP contribution in [0.3, 0.4) is 0 Å². The van der Waals surface area contributed by atoms with Gasteiger partial charge in [0, 0.05) is 11.6 Å². The highest BCUT2D eigenvalue weighted by Gasteiger charge is 2.16. The number of halogens is 1. The van der Waals surface area contributed by atoms with Crippen LogP contribution in [0.4, 0.5) is 15.9 Å². The third-order valence-corrected chi connectivity index (χ3v) is 4.42. The number of aromatic nitrogens is 3. The molecule has 2 aromatic heterocycles. The number of nitrogens with two attached hydrogens (primary N) is 1. The van der Waals surface area contributed by atoms with Gasteiger partial charge in [0.2, 0.25) is 5.95 Å². The minimum absolute atomic E-state index is 0.163. The number of nitrogens with zero attached hydrogens (tertiary/aromatic N) is 3. The molecule has 0 spiro atoms. The van der Waals surface area contributed by atoms with E-state index < -0.39 is 11.9 Å². The van der Waals surface area contributed by atoms with Crippen LogP contribution in [0.15, 0.2) is 60.8 Å². The second-order valence-electron chi connectivity index (χ2n) is 6.38. The third-order valence-electron chi connectivity index (χ3n) is 4.42. The first kappa shape index (κ1) is 19.3. The molecule has 8 heteroatoms. The summed E-state index contributed by atoms with van der Waals surface area (Å²) in [7, 11) is 0. The highest BCUT2D eigenvalue weighted by molar-refractivity contribution is 6.01. The summed E-state index contributed by atoms with van der Waals surface area (Å²) in [5, 5.41) is 3.79. The van der Waals surface area contributed by atoms with Crippen molar-refractivity contribution >= 4 is 28.3 Å². The maximum atomic E-state index is 14.3. The molecule has 4 rings (SSSR count). The second kappa shape index (κ2) is 8.12. The van der Waals surface area contributed by atoms with Gasteiger partial charge in [-0.05, 0) is 49.4 Å². The number of ether oxygens (including phenoxy) is 1. The number of hydrogen-bond donors (Lipinski definition) is 2. The quantitative estimate of drug-likeness (QED) is 0.471. The molecule has 2 aromatic carbocycles. The van der Waals surface area contributed by atoms with E-state index in [0.717, 1.165) is 0 Å². The maximum Gasteiger partial charge on any atom is 0.250 e. The molecule has 3 N–H and O–H groups in total. The molecule has 150 valence electrons. The number of nitrogens with one attached hydrogen (secondary N) is 1. The highest BCUT2D eigenvalue weighted by Crippen LogP contribution is 2.31. The predicted molar refractivity (Wildman–Crippen MR) is 112 cm³/mol. The van der Waals surface area contributed by atoms with Gasteiger partial charge in [-0.25, -0.2) is 15.0 Å². The normalized spacial score (nSPS) is 10.7. The van der Waals surface area contributed by atoms with Crippen molar-refractivity contribution in [2.75, 3.05) is 11.9 Å². The largest absolute Gasteiger partial charge is 0.494 e. The molecule has 4 aromatic rings. The fourth-order valence-corrected chi connectivity index (χ4v) is 3.07. The fourth-order valence-electron chi connectivity index (χ4n) is 3.07. The van der Waals surface area contributed by atoms with Crippen molar-refractivity contribution in [2.45, 2.75) is 6.92 Å². The third kappa shape index (κ3) is 3.75. The van der Waals surface area contributed by atoms with E-state index in [0.29, 0.717) is 40.3 Å². The Hall–Kier alpha value is -4.07. The molecule has 0 atom stereocenters. The molecule has 30 heavy (non-hydrogen) atoms. The lowest BCUT2D eigenvalue weighted by molar-refractivity contribution is 0.100. The zero-order valence-electron chi connectivity index (χ0n) is 16.1. The Morgan fingerprint density at radius 1 is 1.13 bits per heavy atom. The number of hydrogen-bond acceptors (Lipinski definition) is 6. The van der Waals surface area contributed by atoms with Crippen molar-refractivity contribution in [3.05, 3.63) is 72.3 Å². The first-order valence-corrected chi connectivity index (χ1v) is 9.28. The molecule has 1 amide bonds. The van der Waals surface area contributed by atoms with Gasteiger partial charge >= 0.3 is 0 Å². The molecule has 0 radical (unpaired) electrons. The van der Waals surface area contributed by atoms with E-state index in [9.17, 15) is 9.18 Å². The highest BCUT2D eigenvalue weighted by atomic mass is 19.1. The number of pyridine rings is 1. The number of primary amides is 1. The van der Waals surface area contributed by atoms with Crippen LogP contribution in [-0.4, -0.2) is 27.5 Å².